The molecule has 2 atom stereocenters. The van der Waals surface area contributed by atoms with E-state index in [1.165, 1.54) is 16.7 Å². The van der Waals surface area contributed by atoms with Crippen LogP contribution in [0, 0.1) is 19.8 Å². The number of nitrogens with zero attached hydrogens (tertiary/aromatic N) is 4. The molecule has 1 amide bonds. The summed E-state index contributed by atoms with van der Waals surface area (Å²) in [6.45, 7) is 7.86. The fourth-order valence-electron chi connectivity index (χ4n) is 4.17. The third kappa shape index (κ3) is 4.21. The average Bonchev–Trinajstić information content (AvgIpc) is 2.73. The number of nitrogens with one attached hydrogen (secondary N) is 1. The Hall–Kier alpha value is -3.02. The molecule has 1 aliphatic heterocycles. The van der Waals surface area contributed by atoms with Crippen LogP contribution in [0.25, 0.3) is 11.2 Å². The predicted molar refractivity (Wildman–Crippen MR) is 115 cm³/mol. The number of aromatic nitrogens is 3. The zero-order chi connectivity index (χ0) is 20.4. The molecule has 0 unspecified atom stereocenters. The van der Waals surface area contributed by atoms with Crippen LogP contribution < -0.4 is 10.2 Å². The number of pyridine rings is 1. The standard InChI is InChI=1S/C23H27N5O/c1-15-6-7-20(16(2)11-15)17(3)27-23(29)18-5-4-10-28(14-18)19-12-21-22(26-13-19)25-9-8-24-21/h6-9,11-13,17-18H,4-5,10,14H2,1-3H3,(H,27,29)/t17-,18+/m1/s1. The molecule has 1 aliphatic rings. The molecule has 0 aliphatic carbocycles. The van der Waals surface area contributed by atoms with Gasteiger partial charge in [-0.15, -0.1) is 0 Å². The number of anilines is 1. The van der Waals surface area contributed by atoms with Crippen LogP contribution >= 0.6 is 0 Å². The van der Waals surface area contributed by atoms with Gasteiger partial charge in [-0.1, -0.05) is 23.8 Å². The summed E-state index contributed by atoms with van der Waals surface area (Å²) in [5.74, 6) is 0.0882. The smallest absolute Gasteiger partial charge is 0.225 e. The summed E-state index contributed by atoms with van der Waals surface area (Å²) in [6.07, 6.45) is 7.04. The van der Waals surface area contributed by atoms with Crippen LogP contribution in [0.2, 0.25) is 0 Å². The van der Waals surface area contributed by atoms with Crippen LogP contribution in [0.3, 0.4) is 0 Å². The lowest BCUT2D eigenvalue weighted by atomic mass is 9.95. The van der Waals surface area contributed by atoms with E-state index in [1.54, 1.807) is 12.4 Å². The largest absolute Gasteiger partial charge is 0.369 e. The van der Waals surface area contributed by atoms with Crippen molar-refractivity contribution in [3.05, 3.63) is 59.5 Å². The number of carbonyl (C=O) groups is 1. The average molecular weight is 390 g/mol. The van der Waals surface area contributed by atoms with Crippen LogP contribution in [0.15, 0.2) is 42.9 Å². The Kier molecular flexibility index (Phi) is 5.43. The second-order valence-corrected chi connectivity index (χ2v) is 7.97. The fraction of sp³-hybridized carbons (Fsp3) is 0.391. The first kappa shape index (κ1) is 19.3. The molecule has 3 aromatic rings. The third-order valence-corrected chi connectivity index (χ3v) is 5.72. The Labute approximate surface area is 171 Å². The van der Waals surface area contributed by atoms with E-state index in [0.29, 0.717) is 12.2 Å². The molecule has 3 heterocycles. The van der Waals surface area contributed by atoms with Gasteiger partial charge in [-0.05, 0) is 50.8 Å². The number of rotatable bonds is 4. The maximum absolute atomic E-state index is 13.0. The van der Waals surface area contributed by atoms with Gasteiger partial charge in [0.15, 0.2) is 5.65 Å². The molecule has 2 aromatic heterocycles. The summed E-state index contributed by atoms with van der Waals surface area (Å²) < 4.78 is 0. The first-order valence-electron chi connectivity index (χ1n) is 10.2. The summed E-state index contributed by atoms with van der Waals surface area (Å²) in [5.41, 5.74) is 6.05. The summed E-state index contributed by atoms with van der Waals surface area (Å²) in [6, 6.07) is 8.38. The lowest BCUT2D eigenvalue weighted by Crippen LogP contribution is -2.43. The number of piperidine rings is 1. The van der Waals surface area contributed by atoms with Crippen molar-refractivity contribution in [3.8, 4) is 0 Å². The molecule has 1 aromatic carbocycles. The Morgan fingerprint density at radius 1 is 1.17 bits per heavy atom. The SMILES string of the molecule is Cc1ccc([C@@H](C)NC(=O)[C@H]2CCCN(c3cnc4nccnc4c3)C2)c(C)c1. The third-order valence-electron chi connectivity index (χ3n) is 5.72. The molecule has 4 rings (SSSR count). The van der Waals surface area contributed by atoms with Crippen molar-refractivity contribution in [3.63, 3.8) is 0 Å². The van der Waals surface area contributed by atoms with Crippen molar-refractivity contribution < 1.29 is 4.79 Å². The van der Waals surface area contributed by atoms with Crippen LogP contribution in [-0.4, -0.2) is 33.9 Å². The molecule has 1 N–H and O–H groups in total. The Balaban J connectivity index is 1.45. The predicted octanol–water partition coefficient (Wildman–Crippen LogP) is 3.74. The highest BCUT2D eigenvalue weighted by atomic mass is 16.2. The minimum atomic E-state index is -0.0329. The molecule has 6 heteroatoms. The van der Waals surface area contributed by atoms with E-state index in [0.717, 1.165) is 30.6 Å². The molecule has 1 saturated heterocycles. The van der Waals surface area contributed by atoms with Gasteiger partial charge in [0.05, 0.1) is 23.8 Å². The van der Waals surface area contributed by atoms with Crippen LogP contribution in [0.1, 0.15) is 42.5 Å². The van der Waals surface area contributed by atoms with E-state index in [2.05, 4.69) is 64.1 Å². The molecular weight excluding hydrogens is 362 g/mol. The lowest BCUT2D eigenvalue weighted by molar-refractivity contribution is -0.125. The Morgan fingerprint density at radius 3 is 2.83 bits per heavy atom. The number of fused-ring (bicyclic) bond motifs is 1. The second kappa shape index (κ2) is 8.15. The van der Waals surface area contributed by atoms with Gasteiger partial charge in [0, 0.05) is 25.5 Å². The van der Waals surface area contributed by atoms with Crippen molar-refractivity contribution in [2.45, 2.75) is 39.7 Å². The van der Waals surface area contributed by atoms with E-state index in [-0.39, 0.29) is 17.9 Å². The van der Waals surface area contributed by atoms with Gasteiger partial charge in [-0.3, -0.25) is 9.78 Å². The summed E-state index contributed by atoms with van der Waals surface area (Å²) in [4.78, 5) is 28.2. The van der Waals surface area contributed by atoms with Gasteiger partial charge in [-0.25, -0.2) is 9.97 Å². The van der Waals surface area contributed by atoms with Gasteiger partial charge in [-0.2, -0.15) is 0 Å². The highest BCUT2D eigenvalue weighted by Gasteiger charge is 2.27. The van der Waals surface area contributed by atoms with Crippen molar-refractivity contribution in [2.75, 3.05) is 18.0 Å². The minimum Gasteiger partial charge on any atom is -0.369 e. The summed E-state index contributed by atoms with van der Waals surface area (Å²) >= 11 is 0. The van der Waals surface area contributed by atoms with Crippen molar-refractivity contribution >= 4 is 22.8 Å². The highest BCUT2D eigenvalue weighted by molar-refractivity contribution is 5.80. The number of aryl methyl sites for hydroxylation is 2. The molecule has 6 nitrogen and oxygen atoms in total. The molecule has 1 fully saturated rings. The highest BCUT2D eigenvalue weighted by Crippen LogP contribution is 2.26. The fourth-order valence-corrected chi connectivity index (χ4v) is 4.17. The molecule has 0 radical (unpaired) electrons. The first-order valence-corrected chi connectivity index (χ1v) is 10.2. The second-order valence-electron chi connectivity index (χ2n) is 7.97. The molecule has 29 heavy (non-hydrogen) atoms. The van der Waals surface area contributed by atoms with Gasteiger partial charge in [0.1, 0.15) is 5.52 Å². The van der Waals surface area contributed by atoms with Crippen LogP contribution in [0.4, 0.5) is 5.69 Å². The van der Waals surface area contributed by atoms with Crippen LogP contribution in [-0.2, 0) is 4.79 Å². The summed E-state index contributed by atoms with van der Waals surface area (Å²) in [5, 5.41) is 3.22. The van der Waals surface area contributed by atoms with E-state index in [9.17, 15) is 4.79 Å². The lowest BCUT2D eigenvalue weighted by Gasteiger charge is -2.34. The monoisotopic (exact) mass is 389 g/mol. The molecule has 0 saturated carbocycles. The van der Waals surface area contributed by atoms with Gasteiger partial charge >= 0.3 is 0 Å². The molecular formula is C23H27N5O. The van der Waals surface area contributed by atoms with E-state index < -0.39 is 0 Å². The van der Waals surface area contributed by atoms with E-state index in [1.807, 2.05) is 12.3 Å². The zero-order valence-electron chi connectivity index (χ0n) is 17.2. The normalized spacial score (nSPS) is 17.9. The maximum Gasteiger partial charge on any atom is 0.225 e. The van der Waals surface area contributed by atoms with Crippen LogP contribution in [0.5, 0.6) is 0 Å². The number of carbonyl (C=O) groups excluding carboxylic acids is 1. The van der Waals surface area contributed by atoms with Crippen molar-refractivity contribution in [1.29, 1.82) is 0 Å². The molecule has 0 bridgehead atoms. The van der Waals surface area contributed by atoms with Crippen molar-refractivity contribution in [1.82, 2.24) is 20.3 Å². The quantitative estimate of drug-likeness (QED) is 0.736. The Morgan fingerprint density at radius 2 is 2.00 bits per heavy atom. The maximum atomic E-state index is 13.0. The van der Waals surface area contributed by atoms with Gasteiger partial charge in [0.25, 0.3) is 0 Å². The first-order chi connectivity index (χ1) is 14.0. The van der Waals surface area contributed by atoms with E-state index >= 15 is 0 Å². The zero-order valence-corrected chi connectivity index (χ0v) is 17.2. The van der Waals surface area contributed by atoms with Gasteiger partial charge in [0.2, 0.25) is 5.91 Å². The van der Waals surface area contributed by atoms with Crippen molar-refractivity contribution in [2.24, 2.45) is 5.92 Å². The minimum absolute atomic E-state index is 0.00362. The number of amides is 1. The molecule has 150 valence electrons. The summed E-state index contributed by atoms with van der Waals surface area (Å²) in [7, 11) is 0. The number of hydrogen-bond acceptors (Lipinski definition) is 5. The topological polar surface area (TPSA) is 71.0 Å². The van der Waals surface area contributed by atoms with E-state index in [4.69, 9.17) is 0 Å². The number of hydrogen-bond donors (Lipinski definition) is 1. The van der Waals surface area contributed by atoms with Gasteiger partial charge < -0.3 is 10.2 Å². The Bertz CT molecular complexity index is 1030. The number of benzene rings is 1. The molecule has 0 spiro atoms.